The highest BCUT2D eigenvalue weighted by Gasteiger charge is 2.09. The number of benzene rings is 1. The summed E-state index contributed by atoms with van der Waals surface area (Å²) < 4.78 is 5.51. The van der Waals surface area contributed by atoms with Crippen LogP contribution in [0.4, 0.5) is 0 Å². The van der Waals surface area contributed by atoms with Crippen molar-refractivity contribution >= 4 is 17.7 Å². The van der Waals surface area contributed by atoms with Crippen molar-refractivity contribution in [2.45, 2.75) is 6.92 Å². The summed E-state index contributed by atoms with van der Waals surface area (Å²) in [6.45, 7) is 1.91. The Morgan fingerprint density at radius 1 is 1.28 bits per heavy atom. The standard InChI is InChI=1S/C13H11ClN2O2/c1-2-5-9-6-3-4-7-11(9)18-13-10(17)8-12(14)15-16-13/h2-8H,1H3,(H,15,17). The van der Waals surface area contributed by atoms with Gasteiger partial charge in [-0.3, -0.25) is 0 Å². The fraction of sp³-hybridized carbons (Fsp3) is 0.0769. The third-order valence-electron chi connectivity index (χ3n) is 2.18. The second-order valence-corrected chi connectivity index (χ2v) is 3.88. The van der Waals surface area contributed by atoms with Crippen LogP contribution in [-0.2, 0) is 0 Å². The molecule has 0 unspecified atom stereocenters. The molecule has 0 atom stereocenters. The molecule has 0 aliphatic heterocycles. The molecule has 0 radical (unpaired) electrons. The van der Waals surface area contributed by atoms with E-state index in [0.717, 1.165) is 5.56 Å². The minimum atomic E-state index is -0.148. The van der Waals surface area contributed by atoms with E-state index in [1.165, 1.54) is 6.07 Å². The molecule has 0 amide bonds. The second-order valence-electron chi connectivity index (χ2n) is 3.50. The van der Waals surface area contributed by atoms with Crippen LogP contribution in [0.15, 0.2) is 36.4 Å². The molecule has 92 valence electrons. The molecule has 2 rings (SSSR count). The largest absolute Gasteiger partial charge is 0.503 e. The van der Waals surface area contributed by atoms with Crippen LogP contribution in [0.2, 0.25) is 5.15 Å². The number of aromatic hydroxyl groups is 1. The third-order valence-corrected chi connectivity index (χ3v) is 2.37. The zero-order chi connectivity index (χ0) is 13.0. The van der Waals surface area contributed by atoms with E-state index in [0.29, 0.717) is 5.75 Å². The molecular formula is C13H11ClN2O2. The van der Waals surface area contributed by atoms with E-state index in [1.807, 2.05) is 37.3 Å². The van der Waals surface area contributed by atoms with E-state index in [4.69, 9.17) is 16.3 Å². The van der Waals surface area contributed by atoms with E-state index >= 15 is 0 Å². The van der Waals surface area contributed by atoms with E-state index < -0.39 is 0 Å². The summed E-state index contributed by atoms with van der Waals surface area (Å²) in [5.74, 6) is 0.462. The zero-order valence-corrected chi connectivity index (χ0v) is 10.4. The molecule has 0 spiro atoms. The summed E-state index contributed by atoms with van der Waals surface area (Å²) in [6, 6.07) is 8.70. The fourth-order valence-corrected chi connectivity index (χ4v) is 1.56. The van der Waals surface area contributed by atoms with Gasteiger partial charge in [0, 0.05) is 11.6 Å². The average molecular weight is 263 g/mol. The van der Waals surface area contributed by atoms with Crippen molar-refractivity contribution in [2.75, 3.05) is 0 Å². The number of hydrogen-bond acceptors (Lipinski definition) is 4. The third kappa shape index (κ3) is 2.78. The van der Waals surface area contributed by atoms with Crippen molar-refractivity contribution in [3.63, 3.8) is 0 Å². The zero-order valence-electron chi connectivity index (χ0n) is 9.67. The first-order chi connectivity index (χ1) is 8.70. The summed E-state index contributed by atoms with van der Waals surface area (Å²) in [5, 5.41) is 17.1. The van der Waals surface area contributed by atoms with Crippen LogP contribution in [0.25, 0.3) is 6.08 Å². The van der Waals surface area contributed by atoms with Gasteiger partial charge in [-0.1, -0.05) is 42.0 Å². The van der Waals surface area contributed by atoms with Crippen LogP contribution >= 0.6 is 11.6 Å². The molecule has 18 heavy (non-hydrogen) atoms. The molecule has 5 heteroatoms. The predicted octanol–water partition coefficient (Wildman–Crippen LogP) is 3.66. The highest BCUT2D eigenvalue weighted by molar-refractivity contribution is 6.29. The van der Waals surface area contributed by atoms with Crippen molar-refractivity contribution < 1.29 is 9.84 Å². The lowest BCUT2D eigenvalue weighted by Crippen LogP contribution is -1.93. The number of ether oxygens (including phenoxy) is 1. The first kappa shape index (κ1) is 12.4. The van der Waals surface area contributed by atoms with Crippen LogP contribution in [0.1, 0.15) is 12.5 Å². The molecule has 1 N–H and O–H groups in total. The van der Waals surface area contributed by atoms with Gasteiger partial charge in [-0.25, -0.2) is 0 Å². The van der Waals surface area contributed by atoms with Gasteiger partial charge < -0.3 is 9.84 Å². The summed E-state index contributed by atoms with van der Waals surface area (Å²) in [7, 11) is 0. The maximum Gasteiger partial charge on any atom is 0.281 e. The molecule has 0 saturated carbocycles. The Hall–Kier alpha value is -2.07. The average Bonchev–Trinajstić information content (AvgIpc) is 2.35. The van der Waals surface area contributed by atoms with Gasteiger partial charge in [0.2, 0.25) is 0 Å². The van der Waals surface area contributed by atoms with Crippen molar-refractivity contribution in [1.29, 1.82) is 0 Å². The minimum Gasteiger partial charge on any atom is -0.503 e. The molecule has 1 aromatic carbocycles. The summed E-state index contributed by atoms with van der Waals surface area (Å²) >= 11 is 5.60. The molecule has 2 aromatic rings. The van der Waals surface area contributed by atoms with Gasteiger partial charge in [-0.05, 0) is 13.0 Å². The van der Waals surface area contributed by atoms with Gasteiger partial charge in [-0.15, -0.1) is 10.2 Å². The lowest BCUT2D eigenvalue weighted by atomic mass is 10.2. The monoisotopic (exact) mass is 262 g/mol. The lowest BCUT2D eigenvalue weighted by molar-refractivity contribution is 0.391. The number of nitrogens with zero attached hydrogens (tertiary/aromatic N) is 2. The van der Waals surface area contributed by atoms with Crippen LogP contribution in [0.5, 0.6) is 17.4 Å². The number of para-hydroxylation sites is 1. The molecule has 1 heterocycles. The molecule has 0 fully saturated rings. The first-order valence-corrected chi connectivity index (χ1v) is 5.70. The van der Waals surface area contributed by atoms with Gasteiger partial charge in [0.1, 0.15) is 5.75 Å². The SMILES string of the molecule is CC=Cc1ccccc1Oc1nnc(Cl)cc1O. The summed E-state index contributed by atoms with van der Waals surface area (Å²) in [6.07, 6.45) is 3.80. The van der Waals surface area contributed by atoms with Crippen LogP contribution in [-0.4, -0.2) is 15.3 Å². The summed E-state index contributed by atoms with van der Waals surface area (Å²) in [4.78, 5) is 0. The van der Waals surface area contributed by atoms with E-state index in [9.17, 15) is 5.11 Å². The Bertz CT molecular complexity index is 585. The topological polar surface area (TPSA) is 55.2 Å². The number of halogens is 1. The van der Waals surface area contributed by atoms with Crippen LogP contribution < -0.4 is 4.74 Å². The first-order valence-electron chi connectivity index (χ1n) is 5.32. The summed E-state index contributed by atoms with van der Waals surface area (Å²) in [5.41, 5.74) is 0.885. The van der Waals surface area contributed by atoms with Crippen molar-refractivity contribution in [1.82, 2.24) is 10.2 Å². The Kier molecular flexibility index (Phi) is 3.79. The highest BCUT2D eigenvalue weighted by atomic mass is 35.5. The molecule has 1 aromatic heterocycles. The van der Waals surface area contributed by atoms with Gasteiger partial charge in [0.15, 0.2) is 10.9 Å². The number of allylic oxidation sites excluding steroid dienone is 1. The molecular weight excluding hydrogens is 252 g/mol. The van der Waals surface area contributed by atoms with Gasteiger partial charge in [-0.2, -0.15) is 0 Å². The maximum absolute atomic E-state index is 9.64. The number of rotatable bonds is 3. The van der Waals surface area contributed by atoms with E-state index in [1.54, 1.807) is 6.07 Å². The fourth-order valence-electron chi connectivity index (χ4n) is 1.42. The van der Waals surface area contributed by atoms with E-state index in [-0.39, 0.29) is 16.8 Å². The molecule has 4 nitrogen and oxygen atoms in total. The Morgan fingerprint density at radius 2 is 2.06 bits per heavy atom. The molecule has 0 aliphatic carbocycles. The normalized spacial score (nSPS) is 10.8. The molecule has 0 bridgehead atoms. The van der Waals surface area contributed by atoms with Crippen molar-refractivity contribution in [3.8, 4) is 17.4 Å². The molecule has 0 saturated heterocycles. The number of hydrogen-bond donors (Lipinski definition) is 1. The Balaban J connectivity index is 2.34. The van der Waals surface area contributed by atoms with Gasteiger partial charge in [0.05, 0.1) is 0 Å². The van der Waals surface area contributed by atoms with Crippen LogP contribution in [0.3, 0.4) is 0 Å². The smallest absolute Gasteiger partial charge is 0.281 e. The second kappa shape index (κ2) is 5.51. The van der Waals surface area contributed by atoms with Crippen molar-refractivity contribution in [2.24, 2.45) is 0 Å². The Morgan fingerprint density at radius 3 is 2.78 bits per heavy atom. The quantitative estimate of drug-likeness (QED) is 0.917. The number of aromatic nitrogens is 2. The minimum absolute atomic E-state index is 0.0244. The molecule has 0 aliphatic rings. The Labute approximate surface area is 110 Å². The van der Waals surface area contributed by atoms with Crippen molar-refractivity contribution in [3.05, 3.63) is 47.1 Å². The highest BCUT2D eigenvalue weighted by Crippen LogP contribution is 2.31. The lowest BCUT2D eigenvalue weighted by Gasteiger charge is -2.08. The predicted molar refractivity (Wildman–Crippen MR) is 69.9 cm³/mol. The van der Waals surface area contributed by atoms with Gasteiger partial charge >= 0.3 is 0 Å². The van der Waals surface area contributed by atoms with E-state index in [2.05, 4.69) is 10.2 Å². The van der Waals surface area contributed by atoms with Crippen LogP contribution in [0, 0.1) is 0 Å². The van der Waals surface area contributed by atoms with Gasteiger partial charge in [0.25, 0.3) is 5.88 Å². The maximum atomic E-state index is 9.64.